The number of primary amides is 1. The average Bonchev–Trinajstić information content (AvgIpc) is 2.15. The van der Waals surface area contributed by atoms with Crippen molar-refractivity contribution in [3.63, 3.8) is 0 Å². The Kier molecular flexibility index (Phi) is 7.23. The number of aliphatic imine (C=N–C) groups is 1. The van der Waals surface area contributed by atoms with Crippen LogP contribution in [-0.2, 0) is 9.53 Å². The van der Waals surface area contributed by atoms with E-state index >= 15 is 0 Å². The van der Waals surface area contributed by atoms with Crippen molar-refractivity contribution in [1.82, 2.24) is 10.7 Å². The van der Waals surface area contributed by atoms with Gasteiger partial charge in [0.2, 0.25) is 11.9 Å². The topological polar surface area (TPSA) is 115 Å². The van der Waals surface area contributed by atoms with Gasteiger partial charge in [0.25, 0.3) is 0 Å². The highest BCUT2D eigenvalue weighted by Gasteiger charge is 2.08. The molecular formula is C9H21N5O2. The van der Waals surface area contributed by atoms with Crippen molar-refractivity contribution in [2.75, 3.05) is 13.7 Å². The van der Waals surface area contributed by atoms with E-state index in [1.165, 1.54) is 0 Å². The molecule has 16 heavy (non-hydrogen) atoms. The Balaban J connectivity index is 4.22. The third kappa shape index (κ3) is 7.02. The summed E-state index contributed by atoms with van der Waals surface area (Å²) < 4.78 is 4.94. The first-order valence-electron chi connectivity index (χ1n) is 5.07. The Labute approximate surface area is 95.6 Å². The largest absolute Gasteiger partial charge is 0.382 e. The lowest BCUT2D eigenvalue weighted by atomic mass is 10.2. The number of nitrogens with zero attached hydrogens (tertiary/aromatic N) is 1. The predicted molar refractivity (Wildman–Crippen MR) is 62.5 cm³/mol. The van der Waals surface area contributed by atoms with Gasteiger partial charge in [-0.05, 0) is 13.8 Å². The second kappa shape index (κ2) is 7.89. The number of carbonyl (C=O) groups is 1. The van der Waals surface area contributed by atoms with Gasteiger partial charge in [0, 0.05) is 19.6 Å². The van der Waals surface area contributed by atoms with Crippen LogP contribution in [0.15, 0.2) is 4.99 Å². The molecule has 7 nitrogen and oxygen atoms in total. The summed E-state index contributed by atoms with van der Waals surface area (Å²) in [7, 11) is 1.60. The van der Waals surface area contributed by atoms with Gasteiger partial charge in [-0.3, -0.25) is 10.2 Å². The summed E-state index contributed by atoms with van der Waals surface area (Å²) in [6.07, 6.45) is 0.222. The van der Waals surface area contributed by atoms with Crippen molar-refractivity contribution in [3.05, 3.63) is 0 Å². The first kappa shape index (κ1) is 14.7. The SMILES string of the molecule is COCC(C)N=C(NN)NC(C)CC(N)=O. The summed E-state index contributed by atoms with van der Waals surface area (Å²) in [5.74, 6) is 5.34. The zero-order valence-corrected chi connectivity index (χ0v) is 9.99. The molecule has 0 aliphatic heterocycles. The van der Waals surface area contributed by atoms with Crippen LogP contribution in [0.25, 0.3) is 0 Å². The van der Waals surface area contributed by atoms with Crippen LogP contribution in [0.2, 0.25) is 0 Å². The monoisotopic (exact) mass is 231 g/mol. The fourth-order valence-electron chi connectivity index (χ4n) is 1.20. The van der Waals surface area contributed by atoms with Crippen LogP contribution < -0.4 is 22.3 Å². The zero-order chi connectivity index (χ0) is 12.6. The maximum atomic E-state index is 10.7. The van der Waals surface area contributed by atoms with E-state index in [9.17, 15) is 4.79 Å². The van der Waals surface area contributed by atoms with E-state index in [1.54, 1.807) is 7.11 Å². The van der Waals surface area contributed by atoms with Gasteiger partial charge in [0.05, 0.1) is 12.6 Å². The predicted octanol–water partition coefficient (Wildman–Crippen LogP) is -1.31. The Bertz CT molecular complexity index is 244. The summed E-state index contributed by atoms with van der Waals surface area (Å²) in [5.41, 5.74) is 7.50. The van der Waals surface area contributed by atoms with Crippen molar-refractivity contribution < 1.29 is 9.53 Å². The molecular weight excluding hydrogens is 210 g/mol. The van der Waals surface area contributed by atoms with Crippen LogP contribution in [0, 0.1) is 0 Å². The standard InChI is InChI=1S/C9H21N5O2/c1-6(4-8(10)15)12-9(14-11)13-7(2)5-16-3/h6-7H,4-5,11H2,1-3H3,(H2,10,15)(H2,12,13,14). The minimum Gasteiger partial charge on any atom is -0.382 e. The first-order valence-corrected chi connectivity index (χ1v) is 5.07. The molecule has 94 valence electrons. The van der Waals surface area contributed by atoms with E-state index in [4.69, 9.17) is 16.3 Å². The van der Waals surface area contributed by atoms with Crippen molar-refractivity contribution in [2.24, 2.45) is 16.6 Å². The molecule has 0 heterocycles. The molecule has 0 aromatic heterocycles. The van der Waals surface area contributed by atoms with E-state index in [2.05, 4.69) is 15.7 Å². The summed E-state index contributed by atoms with van der Waals surface area (Å²) in [4.78, 5) is 14.9. The van der Waals surface area contributed by atoms with Crippen molar-refractivity contribution in [3.8, 4) is 0 Å². The van der Waals surface area contributed by atoms with Gasteiger partial charge in [-0.25, -0.2) is 10.8 Å². The van der Waals surface area contributed by atoms with Crippen LogP contribution in [-0.4, -0.2) is 37.7 Å². The Morgan fingerprint density at radius 1 is 1.50 bits per heavy atom. The second-order valence-electron chi connectivity index (χ2n) is 3.64. The number of methoxy groups -OCH3 is 1. The third-order valence-electron chi connectivity index (χ3n) is 1.78. The lowest BCUT2D eigenvalue weighted by Crippen LogP contribution is -2.47. The number of ether oxygens (including phenoxy) is 1. The summed E-state index contributed by atoms with van der Waals surface area (Å²) in [5, 5.41) is 2.94. The molecule has 1 amide bonds. The van der Waals surface area contributed by atoms with Gasteiger partial charge in [-0.2, -0.15) is 0 Å². The number of nitrogens with two attached hydrogens (primary N) is 2. The number of amides is 1. The van der Waals surface area contributed by atoms with Crippen LogP contribution in [0.5, 0.6) is 0 Å². The molecule has 0 aromatic carbocycles. The molecule has 7 heteroatoms. The third-order valence-corrected chi connectivity index (χ3v) is 1.78. The van der Waals surface area contributed by atoms with Crippen molar-refractivity contribution in [1.29, 1.82) is 0 Å². The van der Waals surface area contributed by atoms with Crippen LogP contribution in [0.4, 0.5) is 0 Å². The molecule has 0 bridgehead atoms. The van der Waals surface area contributed by atoms with Crippen molar-refractivity contribution in [2.45, 2.75) is 32.4 Å². The minimum atomic E-state index is -0.374. The number of hydrazine groups is 1. The maximum absolute atomic E-state index is 10.7. The summed E-state index contributed by atoms with van der Waals surface area (Å²) in [6.45, 7) is 4.21. The van der Waals surface area contributed by atoms with Gasteiger partial charge >= 0.3 is 0 Å². The zero-order valence-electron chi connectivity index (χ0n) is 9.99. The van der Waals surface area contributed by atoms with Gasteiger partial charge in [0.15, 0.2) is 0 Å². The lowest BCUT2D eigenvalue weighted by molar-refractivity contribution is -0.118. The van der Waals surface area contributed by atoms with E-state index < -0.39 is 0 Å². The smallest absolute Gasteiger partial charge is 0.219 e. The molecule has 0 aliphatic carbocycles. The Morgan fingerprint density at radius 3 is 2.56 bits per heavy atom. The molecule has 0 rings (SSSR count). The number of hydrogen-bond acceptors (Lipinski definition) is 4. The van der Waals surface area contributed by atoms with E-state index in [0.29, 0.717) is 12.6 Å². The van der Waals surface area contributed by atoms with Gasteiger partial charge in [0.1, 0.15) is 0 Å². The van der Waals surface area contributed by atoms with Crippen LogP contribution in [0.3, 0.4) is 0 Å². The molecule has 0 saturated carbocycles. The maximum Gasteiger partial charge on any atom is 0.219 e. The minimum absolute atomic E-state index is 0.0238. The Morgan fingerprint density at radius 2 is 2.12 bits per heavy atom. The van der Waals surface area contributed by atoms with Gasteiger partial charge in [-0.15, -0.1) is 0 Å². The molecule has 2 atom stereocenters. The first-order chi connectivity index (χ1) is 7.49. The molecule has 0 fully saturated rings. The number of rotatable bonds is 6. The fourth-order valence-corrected chi connectivity index (χ4v) is 1.20. The molecule has 0 saturated heterocycles. The number of nitrogens with one attached hydrogen (secondary N) is 2. The average molecular weight is 231 g/mol. The number of guanidine groups is 1. The molecule has 0 spiro atoms. The van der Waals surface area contributed by atoms with Crippen LogP contribution >= 0.6 is 0 Å². The highest BCUT2D eigenvalue weighted by molar-refractivity contribution is 5.81. The fraction of sp³-hybridized carbons (Fsp3) is 0.778. The van der Waals surface area contributed by atoms with E-state index in [1.807, 2.05) is 13.8 Å². The molecule has 6 N–H and O–H groups in total. The molecule has 0 aromatic rings. The summed E-state index contributed by atoms with van der Waals surface area (Å²) >= 11 is 0. The lowest BCUT2D eigenvalue weighted by Gasteiger charge is -2.16. The molecule has 2 unspecified atom stereocenters. The highest BCUT2D eigenvalue weighted by Crippen LogP contribution is 1.92. The molecule has 0 aliphatic rings. The van der Waals surface area contributed by atoms with Gasteiger partial charge < -0.3 is 15.8 Å². The number of carbonyl (C=O) groups excluding carboxylic acids is 1. The van der Waals surface area contributed by atoms with Gasteiger partial charge in [-0.1, -0.05) is 0 Å². The number of hydrogen-bond donors (Lipinski definition) is 4. The van der Waals surface area contributed by atoms with E-state index in [0.717, 1.165) is 0 Å². The Hall–Kier alpha value is -1.34. The van der Waals surface area contributed by atoms with E-state index in [-0.39, 0.29) is 24.4 Å². The molecule has 0 radical (unpaired) electrons. The quantitative estimate of drug-likeness (QED) is 0.196. The van der Waals surface area contributed by atoms with Crippen LogP contribution in [0.1, 0.15) is 20.3 Å². The van der Waals surface area contributed by atoms with Crippen molar-refractivity contribution >= 4 is 11.9 Å². The highest BCUT2D eigenvalue weighted by atomic mass is 16.5. The normalized spacial score (nSPS) is 15.4. The second-order valence-corrected chi connectivity index (χ2v) is 3.64. The summed E-state index contributed by atoms with van der Waals surface area (Å²) in [6, 6.07) is -0.147.